The van der Waals surface area contributed by atoms with Gasteiger partial charge in [-0.2, -0.15) is 0 Å². The Kier molecular flexibility index (Phi) is 5.38. The Morgan fingerprint density at radius 3 is 2.44 bits per heavy atom. The Labute approximate surface area is 105 Å². The lowest BCUT2D eigenvalue weighted by Gasteiger charge is -1.98. The molecule has 6 nitrogen and oxygen atoms in total. The lowest BCUT2D eigenvalue weighted by Crippen LogP contribution is -2.02. The molecular formula is C12H15N5O. The highest BCUT2D eigenvalue weighted by Gasteiger charge is 2.11. The standard InChI is InChI=1S/C10H8N4.C2H7NO/c1-12-10-8(9(11)13-14-10)7-5-3-2-4-6-7;3-1-2-4/h2-6H,(H3,11,13,14);4H,1-3H2. The van der Waals surface area contributed by atoms with E-state index in [0.29, 0.717) is 23.7 Å². The zero-order valence-electron chi connectivity index (χ0n) is 9.80. The number of benzene rings is 1. The van der Waals surface area contributed by atoms with Crippen LogP contribution in [-0.4, -0.2) is 28.5 Å². The van der Waals surface area contributed by atoms with Crippen LogP contribution in [0, 0.1) is 6.57 Å². The molecule has 0 aliphatic heterocycles. The van der Waals surface area contributed by atoms with E-state index in [4.69, 9.17) is 23.1 Å². The highest BCUT2D eigenvalue weighted by molar-refractivity contribution is 5.84. The Hall–Kier alpha value is -2.36. The number of nitrogen functional groups attached to an aromatic ring is 1. The third-order valence-electron chi connectivity index (χ3n) is 2.08. The van der Waals surface area contributed by atoms with Crippen molar-refractivity contribution in [1.82, 2.24) is 10.2 Å². The van der Waals surface area contributed by atoms with Gasteiger partial charge in [0.25, 0.3) is 5.82 Å². The minimum Gasteiger partial charge on any atom is -0.395 e. The summed E-state index contributed by atoms with van der Waals surface area (Å²) in [5, 5.41) is 14.1. The molecule has 6 N–H and O–H groups in total. The second kappa shape index (κ2) is 7.06. The number of nitrogens with zero attached hydrogens (tertiary/aromatic N) is 2. The summed E-state index contributed by atoms with van der Waals surface area (Å²) in [5.74, 6) is 0.746. The van der Waals surface area contributed by atoms with Crippen LogP contribution in [0.15, 0.2) is 30.3 Å². The first kappa shape index (κ1) is 13.7. The summed E-state index contributed by atoms with van der Waals surface area (Å²) in [5.41, 5.74) is 12.0. The maximum Gasteiger partial charge on any atom is 0.259 e. The maximum atomic E-state index is 7.75. The highest BCUT2D eigenvalue weighted by Crippen LogP contribution is 2.32. The number of anilines is 1. The molecule has 6 heteroatoms. The van der Waals surface area contributed by atoms with Gasteiger partial charge in [-0.05, 0) is 5.56 Å². The Bertz CT molecular complexity index is 513. The van der Waals surface area contributed by atoms with Crippen LogP contribution in [0.3, 0.4) is 0 Å². The number of hydrogen-bond acceptors (Lipinski definition) is 4. The first-order valence-electron chi connectivity index (χ1n) is 5.32. The summed E-state index contributed by atoms with van der Waals surface area (Å²) in [6.07, 6.45) is 0. The molecule has 0 saturated carbocycles. The molecule has 0 aliphatic rings. The van der Waals surface area contributed by atoms with Crippen molar-refractivity contribution in [2.24, 2.45) is 5.73 Å². The number of rotatable bonds is 2. The molecule has 18 heavy (non-hydrogen) atoms. The molecule has 0 amide bonds. The summed E-state index contributed by atoms with van der Waals surface area (Å²) < 4.78 is 0. The van der Waals surface area contributed by atoms with Crippen LogP contribution in [0.25, 0.3) is 16.0 Å². The SMILES string of the molecule is NCCO.[C-]#[N+]c1[nH]nc(N)c1-c1ccccc1. The van der Waals surface area contributed by atoms with Gasteiger partial charge in [-0.15, -0.1) is 0 Å². The summed E-state index contributed by atoms with van der Waals surface area (Å²) >= 11 is 0. The van der Waals surface area contributed by atoms with E-state index < -0.39 is 0 Å². The summed E-state index contributed by atoms with van der Waals surface area (Å²) in [6, 6.07) is 9.51. The van der Waals surface area contributed by atoms with Gasteiger partial charge in [-0.3, -0.25) is 0 Å². The molecule has 0 bridgehead atoms. The highest BCUT2D eigenvalue weighted by atomic mass is 16.3. The molecule has 0 radical (unpaired) electrons. The Morgan fingerprint density at radius 1 is 1.33 bits per heavy atom. The van der Waals surface area contributed by atoms with Crippen molar-refractivity contribution >= 4 is 11.6 Å². The van der Waals surface area contributed by atoms with Gasteiger partial charge in [0, 0.05) is 6.54 Å². The number of hydrogen-bond donors (Lipinski definition) is 4. The number of aromatic amines is 1. The van der Waals surface area contributed by atoms with E-state index in [-0.39, 0.29) is 6.61 Å². The fourth-order valence-corrected chi connectivity index (χ4v) is 1.32. The third-order valence-corrected chi connectivity index (χ3v) is 2.08. The van der Waals surface area contributed by atoms with E-state index in [1.807, 2.05) is 30.3 Å². The Balaban J connectivity index is 0.000000357. The van der Waals surface area contributed by atoms with Crippen LogP contribution in [-0.2, 0) is 0 Å². The molecular weight excluding hydrogens is 230 g/mol. The van der Waals surface area contributed by atoms with Crippen molar-refractivity contribution in [3.8, 4) is 11.1 Å². The quantitative estimate of drug-likeness (QED) is 0.595. The van der Waals surface area contributed by atoms with Crippen LogP contribution in [0.2, 0.25) is 0 Å². The van der Waals surface area contributed by atoms with Gasteiger partial charge in [0.05, 0.1) is 12.2 Å². The summed E-state index contributed by atoms with van der Waals surface area (Å²) in [6.45, 7) is 7.42. The van der Waals surface area contributed by atoms with Crippen LogP contribution in [0.1, 0.15) is 0 Å². The number of H-pyrrole nitrogens is 1. The van der Waals surface area contributed by atoms with Crippen LogP contribution in [0.5, 0.6) is 0 Å². The van der Waals surface area contributed by atoms with Crippen LogP contribution in [0.4, 0.5) is 11.6 Å². The molecule has 0 spiro atoms. The lowest BCUT2D eigenvalue weighted by molar-refractivity contribution is 0.306. The molecule has 2 aromatic rings. The predicted molar refractivity (Wildman–Crippen MR) is 70.8 cm³/mol. The number of aromatic nitrogens is 2. The molecule has 0 fully saturated rings. The first-order valence-corrected chi connectivity index (χ1v) is 5.32. The van der Waals surface area contributed by atoms with E-state index >= 15 is 0 Å². The van der Waals surface area contributed by atoms with Crippen molar-refractivity contribution in [2.45, 2.75) is 0 Å². The number of nitrogens with two attached hydrogens (primary N) is 2. The monoisotopic (exact) mass is 245 g/mol. The van der Waals surface area contributed by atoms with Crippen molar-refractivity contribution in [3.63, 3.8) is 0 Å². The second-order valence-electron chi connectivity index (χ2n) is 3.32. The molecule has 1 aromatic carbocycles. The fraction of sp³-hybridized carbons (Fsp3) is 0.167. The van der Waals surface area contributed by atoms with Crippen molar-refractivity contribution in [2.75, 3.05) is 18.9 Å². The molecule has 1 heterocycles. The van der Waals surface area contributed by atoms with E-state index in [9.17, 15) is 0 Å². The topological polar surface area (TPSA) is 105 Å². The van der Waals surface area contributed by atoms with E-state index in [2.05, 4.69) is 15.0 Å². The van der Waals surface area contributed by atoms with Gasteiger partial charge in [0.2, 0.25) is 0 Å². The van der Waals surface area contributed by atoms with Crippen LogP contribution >= 0.6 is 0 Å². The van der Waals surface area contributed by atoms with Gasteiger partial charge in [-0.1, -0.05) is 42.0 Å². The zero-order chi connectivity index (χ0) is 13.4. The van der Waals surface area contributed by atoms with E-state index in [0.717, 1.165) is 5.56 Å². The Morgan fingerprint density at radius 2 is 1.94 bits per heavy atom. The minimum atomic E-state index is 0.0972. The largest absolute Gasteiger partial charge is 0.395 e. The van der Waals surface area contributed by atoms with Crippen molar-refractivity contribution in [1.29, 1.82) is 0 Å². The van der Waals surface area contributed by atoms with Gasteiger partial charge >= 0.3 is 0 Å². The second-order valence-corrected chi connectivity index (χ2v) is 3.32. The van der Waals surface area contributed by atoms with Gasteiger partial charge in [0.1, 0.15) is 0 Å². The van der Waals surface area contributed by atoms with Gasteiger partial charge in [0.15, 0.2) is 5.82 Å². The number of aliphatic hydroxyl groups excluding tert-OH is 1. The molecule has 94 valence electrons. The lowest BCUT2D eigenvalue weighted by atomic mass is 10.1. The number of nitrogens with one attached hydrogen (secondary N) is 1. The molecule has 2 rings (SSSR count). The van der Waals surface area contributed by atoms with Gasteiger partial charge < -0.3 is 21.4 Å². The fourth-order valence-electron chi connectivity index (χ4n) is 1.32. The molecule has 0 saturated heterocycles. The molecule has 0 unspecified atom stereocenters. The molecule has 0 aliphatic carbocycles. The third kappa shape index (κ3) is 3.31. The van der Waals surface area contributed by atoms with E-state index in [1.54, 1.807) is 0 Å². The average Bonchev–Trinajstić information content (AvgIpc) is 2.81. The minimum absolute atomic E-state index is 0.0972. The molecule has 0 atom stereocenters. The van der Waals surface area contributed by atoms with Crippen LogP contribution < -0.4 is 11.5 Å². The maximum absolute atomic E-state index is 7.75. The molecule has 1 aromatic heterocycles. The first-order chi connectivity index (χ1) is 8.74. The summed E-state index contributed by atoms with van der Waals surface area (Å²) in [4.78, 5) is 3.32. The smallest absolute Gasteiger partial charge is 0.259 e. The summed E-state index contributed by atoms with van der Waals surface area (Å²) in [7, 11) is 0. The average molecular weight is 245 g/mol. The van der Waals surface area contributed by atoms with E-state index in [1.165, 1.54) is 0 Å². The van der Waals surface area contributed by atoms with Gasteiger partial charge in [-0.25, -0.2) is 5.10 Å². The predicted octanol–water partition coefficient (Wildman–Crippen LogP) is 1.15. The number of aliphatic hydroxyl groups is 1. The van der Waals surface area contributed by atoms with Crippen molar-refractivity contribution < 1.29 is 5.11 Å². The zero-order valence-corrected chi connectivity index (χ0v) is 9.80. The van der Waals surface area contributed by atoms with Crippen molar-refractivity contribution in [3.05, 3.63) is 41.7 Å². The normalized spacial score (nSPS) is 9.17.